The molecule has 0 aromatic heterocycles. The van der Waals surface area contributed by atoms with Crippen molar-refractivity contribution in [1.82, 2.24) is 15.5 Å². The van der Waals surface area contributed by atoms with Gasteiger partial charge in [-0.15, -0.1) is 24.8 Å². The number of hydrogen-bond donors (Lipinski definition) is 2. The summed E-state index contributed by atoms with van der Waals surface area (Å²) in [5, 5.41) is 6.24. The van der Waals surface area contributed by atoms with Gasteiger partial charge in [0, 0.05) is 25.7 Å². The zero-order valence-corrected chi connectivity index (χ0v) is 16.3. The molecule has 2 N–H and O–H groups in total. The molecular weight excluding hydrogens is 368 g/mol. The molecule has 1 aliphatic rings. The molecule has 1 unspecified atom stereocenters. The number of halogens is 3. The van der Waals surface area contributed by atoms with E-state index in [0.29, 0.717) is 38.4 Å². The summed E-state index contributed by atoms with van der Waals surface area (Å²) >= 11 is 0. The molecule has 25 heavy (non-hydrogen) atoms. The lowest BCUT2D eigenvalue weighted by Crippen LogP contribution is -2.48. The van der Waals surface area contributed by atoms with Gasteiger partial charge in [-0.3, -0.25) is 9.69 Å². The maximum atomic E-state index is 13.6. The summed E-state index contributed by atoms with van der Waals surface area (Å²) in [7, 11) is 0. The average molecular weight is 396 g/mol. The minimum atomic E-state index is -0.483. The molecule has 1 aromatic rings. The van der Waals surface area contributed by atoms with Crippen LogP contribution in [0.3, 0.4) is 0 Å². The number of benzene rings is 1. The van der Waals surface area contributed by atoms with E-state index in [1.54, 1.807) is 12.1 Å². The number of likely N-dealkylation sites (N-methyl/N-ethyl adjacent to an activating group) is 1. The summed E-state index contributed by atoms with van der Waals surface area (Å²) in [6.07, 6.45) is 0. The summed E-state index contributed by atoms with van der Waals surface area (Å²) in [6, 6.07) is 5.99. The quantitative estimate of drug-likeness (QED) is 0.742. The molecule has 2 atom stereocenters. The van der Waals surface area contributed by atoms with Gasteiger partial charge in [0.05, 0.1) is 13.2 Å². The third kappa shape index (κ3) is 7.46. The number of amides is 1. The molecule has 1 amide bonds. The number of carbonyl (C=O) groups is 1. The third-order valence-electron chi connectivity index (χ3n) is 3.96. The number of morpholine rings is 1. The number of nitrogens with zero attached hydrogens (tertiary/aromatic N) is 1. The van der Waals surface area contributed by atoms with Crippen molar-refractivity contribution in [2.45, 2.75) is 25.9 Å². The van der Waals surface area contributed by atoms with Crippen molar-refractivity contribution in [3.05, 3.63) is 35.6 Å². The van der Waals surface area contributed by atoms with E-state index in [2.05, 4.69) is 10.6 Å². The smallest absolute Gasteiger partial charge is 0.242 e. The largest absolute Gasteiger partial charge is 0.379 e. The fourth-order valence-corrected chi connectivity index (χ4v) is 2.81. The van der Waals surface area contributed by atoms with Crippen LogP contribution in [0.1, 0.15) is 25.5 Å². The van der Waals surface area contributed by atoms with E-state index >= 15 is 0 Å². The fraction of sp³-hybridized carbons (Fsp3) is 0.588. The topological polar surface area (TPSA) is 53.6 Å². The van der Waals surface area contributed by atoms with Gasteiger partial charge < -0.3 is 15.4 Å². The zero-order chi connectivity index (χ0) is 16.7. The van der Waals surface area contributed by atoms with Gasteiger partial charge in [-0.1, -0.05) is 19.1 Å². The van der Waals surface area contributed by atoms with Crippen LogP contribution >= 0.6 is 24.8 Å². The van der Waals surface area contributed by atoms with Gasteiger partial charge >= 0.3 is 0 Å². The minimum Gasteiger partial charge on any atom is -0.379 e. The predicted molar refractivity (Wildman–Crippen MR) is 102 cm³/mol. The van der Waals surface area contributed by atoms with Crippen molar-refractivity contribution in [2.24, 2.45) is 0 Å². The summed E-state index contributed by atoms with van der Waals surface area (Å²) in [6.45, 7) is 7.96. The van der Waals surface area contributed by atoms with E-state index < -0.39 is 6.04 Å². The number of hydrogen-bond acceptors (Lipinski definition) is 4. The molecule has 2 rings (SSSR count). The Hall–Kier alpha value is -0.920. The van der Waals surface area contributed by atoms with E-state index in [1.807, 2.05) is 18.7 Å². The van der Waals surface area contributed by atoms with Crippen LogP contribution in [0.25, 0.3) is 0 Å². The summed E-state index contributed by atoms with van der Waals surface area (Å²) in [4.78, 5) is 14.8. The Morgan fingerprint density at radius 2 is 2.00 bits per heavy atom. The molecule has 1 heterocycles. The molecule has 0 saturated carbocycles. The number of nitrogens with one attached hydrogen (secondary N) is 2. The summed E-state index contributed by atoms with van der Waals surface area (Å²) < 4.78 is 18.9. The van der Waals surface area contributed by atoms with Gasteiger partial charge in [0.25, 0.3) is 0 Å². The lowest BCUT2D eigenvalue weighted by Gasteiger charge is -2.34. The van der Waals surface area contributed by atoms with E-state index in [0.717, 1.165) is 6.54 Å². The Balaban J connectivity index is 0.00000288. The third-order valence-corrected chi connectivity index (χ3v) is 3.96. The van der Waals surface area contributed by atoms with Crippen molar-refractivity contribution in [3.63, 3.8) is 0 Å². The SMILES string of the molecule is CCN[C@H](C)CNC(=O)C(c1cccc(F)c1)N1CCOCC1.Cl.Cl. The van der Waals surface area contributed by atoms with E-state index in [9.17, 15) is 9.18 Å². The van der Waals surface area contributed by atoms with Gasteiger partial charge in [-0.05, 0) is 31.2 Å². The van der Waals surface area contributed by atoms with Crippen molar-refractivity contribution >= 4 is 30.7 Å². The molecule has 0 spiro atoms. The van der Waals surface area contributed by atoms with E-state index in [-0.39, 0.29) is 42.6 Å². The molecule has 8 heteroatoms. The maximum absolute atomic E-state index is 13.6. The van der Waals surface area contributed by atoms with Crippen LogP contribution in [0.2, 0.25) is 0 Å². The van der Waals surface area contributed by atoms with Crippen LogP contribution in [0, 0.1) is 5.82 Å². The molecule has 0 bridgehead atoms. The Bertz CT molecular complexity index is 516. The van der Waals surface area contributed by atoms with Gasteiger partial charge in [-0.25, -0.2) is 4.39 Å². The highest BCUT2D eigenvalue weighted by Gasteiger charge is 2.29. The molecule has 1 fully saturated rings. The Morgan fingerprint density at radius 1 is 1.32 bits per heavy atom. The van der Waals surface area contributed by atoms with Crippen LogP contribution in [0.5, 0.6) is 0 Å². The number of carbonyl (C=O) groups excluding carboxylic acids is 1. The van der Waals surface area contributed by atoms with E-state index in [1.165, 1.54) is 12.1 Å². The first-order chi connectivity index (χ1) is 11.1. The van der Waals surface area contributed by atoms with Crippen molar-refractivity contribution in [3.8, 4) is 0 Å². The average Bonchev–Trinajstić information content (AvgIpc) is 2.55. The lowest BCUT2D eigenvalue weighted by molar-refractivity contribution is -0.128. The second kappa shape index (κ2) is 12.4. The lowest BCUT2D eigenvalue weighted by atomic mass is 10.0. The van der Waals surface area contributed by atoms with Crippen molar-refractivity contribution in [2.75, 3.05) is 39.4 Å². The fourth-order valence-electron chi connectivity index (χ4n) is 2.81. The standard InChI is InChI=1S/C17H26FN3O2.2ClH/c1-3-19-13(2)12-20-17(22)16(21-7-9-23-10-8-21)14-5-4-6-15(18)11-14;;/h4-6,11,13,16,19H,3,7-10,12H2,1-2H3,(H,20,22);2*1H/t13-,16?;;/m1../s1. The Kier molecular flexibility index (Phi) is 12.0. The summed E-state index contributed by atoms with van der Waals surface area (Å²) in [5.74, 6) is -0.420. The predicted octanol–water partition coefficient (Wildman–Crippen LogP) is 2.16. The Labute approximate surface area is 161 Å². The Morgan fingerprint density at radius 3 is 2.60 bits per heavy atom. The van der Waals surface area contributed by atoms with Crippen LogP contribution in [0.4, 0.5) is 4.39 Å². The number of rotatable bonds is 7. The highest BCUT2D eigenvalue weighted by molar-refractivity contribution is 5.85. The molecule has 144 valence electrons. The van der Waals surface area contributed by atoms with E-state index in [4.69, 9.17) is 4.74 Å². The van der Waals surface area contributed by atoms with Crippen LogP contribution in [0.15, 0.2) is 24.3 Å². The van der Waals surface area contributed by atoms with Crippen LogP contribution < -0.4 is 10.6 Å². The zero-order valence-electron chi connectivity index (χ0n) is 14.7. The highest BCUT2D eigenvalue weighted by Crippen LogP contribution is 2.23. The van der Waals surface area contributed by atoms with Crippen molar-refractivity contribution < 1.29 is 13.9 Å². The molecule has 5 nitrogen and oxygen atoms in total. The van der Waals surface area contributed by atoms with Crippen LogP contribution in [-0.4, -0.2) is 56.2 Å². The maximum Gasteiger partial charge on any atom is 0.242 e. The molecule has 1 aliphatic heterocycles. The van der Waals surface area contributed by atoms with Crippen LogP contribution in [-0.2, 0) is 9.53 Å². The first-order valence-corrected chi connectivity index (χ1v) is 8.20. The molecule has 1 saturated heterocycles. The van der Waals surface area contributed by atoms with Gasteiger partial charge in [-0.2, -0.15) is 0 Å². The molecule has 1 aromatic carbocycles. The van der Waals surface area contributed by atoms with Gasteiger partial charge in [0.15, 0.2) is 0 Å². The highest BCUT2D eigenvalue weighted by atomic mass is 35.5. The first-order valence-electron chi connectivity index (χ1n) is 8.20. The van der Waals surface area contributed by atoms with Gasteiger partial charge in [0.1, 0.15) is 11.9 Å². The minimum absolute atomic E-state index is 0. The molecule has 0 aliphatic carbocycles. The monoisotopic (exact) mass is 395 g/mol. The second-order valence-corrected chi connectivity index (χ2v) is 5.81. The molecule has 0 radical (unpaired) electrons. The molecular formula is C17H28Cl2FN3O2. The normalized spacial score (nSPS) is 16.9. The summed E-state index contributed by atoms with van der Waals surface area (Å²) in [5.41, 5.74) is 0.681. The first kappa shape index (κ1) is 24.1. The number of ether oxygens (including phenoxy) is 1. The van der Waals surface area contributed by atoms with Gasteiger partial charge in [0.2, 0.25) is 5.91 Å². The second-order valence-electron chi connectivity index (χ2n) is 5.81. The van der Waals surface area contributed by atoms with Crippen molar-refractivity contribution in [1.29, 1.82) is 0 Å².